The molecule has 66 valence electrons. The van der Waals surface area contributed by atoms with Crippen LogP contribution in [0, 0.1) is 5.82 Å². The summed E-state index contributed by atoms with van der Waals surface area (Å²) in [5, 5.41) is 9.25. The van der Waals surface area contributed by atoms with Crippen LogP contribution in [0.5, 0.6) is 0 Å². The molecule has 0 saturated heterocycles. The van der Waals surface area contributed by atoms with Gasteiger partial charge >= 0.3 is 0 Å². The highest BCUT2D eigenvalue weighted by atomic mass is 35.5. The van der Waals surface area contributed by atoms with Gasteiger partial charge < -0.3 is 10.8 Å². The van der Waals surface area contributed by atoms with E-state index in [4.69, 9.17) is 17.3 Å². The lowest BCUT2D eigenvalue weighted by atomic mass is 10.1. The number of hydrogen-bond acceptors (Lipinski definition) is 2. The highest BCUT2D eigenvalue weighted by Gasteiger charge is 2.07. The Morgan fingerprint density at radius 3 is 2.75 bits per heavy atom. The average molecular weight is 190 g/mol. The van der Waals surface area contributed by atoms with E-state index in [2.05, 4.69) is 0 Å². The molecule has 1 rings (SSSR count). The molecule has 1 atom stereocenters. The van der Waals surface area contributed by atoms with Crippen molar-refractivity contribution in [3.05, 3.63) is 34.6 Å². The molecule has 1 aromatic rings. The van der Waals surface area contributed by atoms with Gasteiger partial charge in [-0.3, -0.25) is 0 Å². The van der Waals surface area contributed by atoms with Gasteiger partial charge in [0, 0.05) is 6.54 Å². The summed E-state index contributed by atoms with van der Waals surface area (Å²) in [5.74, 6) is -0.540. The summed E-state index contributed by atoms with van der Waals surface area (Å²) in [5.41, 5.74) is 5.63. The van der Waals surface area contributed by atoms with Gasteiger partial charge in [0.05, 0.1) is 11.1 Å². The van der Waals surface area contributed by atoms with Gasteiger partial charge in [0.25, 0.3) is 0 Å². The predicted octanol–water partition coefficient (Wildman–Crippen LogP) is 1.47. The Bertz CT molecular complexity index is 280. The van der Waals surface area contributed by atoms with Crippen LogP contribution in [0.15, 0.2) is 18.2 Å². The van der Waals surface area contributed by atoms with Crippen LogP contribution >= 0.6 is 11.6 Å². The third-order valence-corrected chi connectivity index (χ3v) is 1.86. The molecule has 1 aromatic carbocycles. The zero-order chi connectivity index (χ0) is 9.14. The molecule has 2 nitrogen and oxygen atoms in total. The van der Waals surface area contributed by atoms with E-state index in [-0.39, 0.29) is 11.6 Å². The normalized spacial score (nSPS) is 13.0. The molecule has 0 heterocycles. The highest BCUT2D eigenvalue weighted by molar-refractivity contribution is 6.30. The van der Waals surface area contributed by atoms with Gasteiger partial charge in [0.1, 0.15) is 5.82 Å². The Kier molecular flexibility index (Phi) is 3.03. The fraction of sp³-hybridized carbons (Fsp3) is 0.250. The first-order valence-corrected chi connectivity index (χ1v) is 3.86. The Balaban J connectivity index is 2.96. The fourth-order valence-electron chi connectivity index (χ4n) is 0.856. The molecule has 0 spiro atoms. The summed E-state index contributed by atoms with van der Waals surface area (Å²) in [6.45, 7) is 0.0705. The molecule has 0 aliphatic carbocycles. The largest absolute Gasteiger partial charge is 0.387 e. The number of aliphatic hydroxyl groups is 1. The zero-order valence-corrected chi connectivity index (χ0v) is 7.05. The molecule has 0 fully saturated rings. The summed E-state index contributed by atoms with van der Waals surface area (Å²) < 4.78 is 12.8. The lowest BCUT2D eigenvalue weighted by molar-refractivity contribution is 0.186. The molecule has 4 heteroatoms. The summed E-state index contributed by atoms with van der Waals surface area (Å²) >= 11 is 5.44. The first-order chi connectivity index (χ1) is 5.65. The first-order valence-electron chi connectivity index (χ1n) is 3.48. The number of halogens is 2. The van der Waals surface area contributed by atoms with Gasteiger partial charge in [-0.05, 0) is 17.7 Å². The van der Waals surface area contributed by atoms with Crippen molar-refractivity contribution in [2.45, 2.75) is 6.10 Å². The van der Waals surface area contributed by atoms with E-state index >= 15 is 0 Å². The van der Waals surface area contributed by atoms with E-state index in [0.29, 0.717) is 5.56 Å². The molecule has 0 aromatic heterocycles. The van der Waals surface area contributed by atoms with Gasteiger partial charge in [-0.25, -0.2) is 4.39 Å². The fourth-order valence-corrected chi connectivity index (χ4v) is 0.973. The monoisotopic (exact) mass is 189 g/mol. The topological polar surface area (TPSA) is 46.2 Å². The van der Waals surface area contributed by atoms with E-state index < -0.39 is 11.9 Å². The standard InChI is InChI=1S/C8H9ClFNO/c9-6-2-1-5(3-7(6)10)8(12)4-11/h1-3,8,12H,4,11H2/t8-/m1/s1. The number of hydrogen-bond donors (Lipinski definition) is 2. The minimum absolute atomic E-state index is 0.0444. The zero-order valence-electron chi connectivity index (χ0n) is 6.30. The second kappa shape index (κ2) is 3.85. The van der Waals surface area contributed by atoms with E-state index in [1.807, 2.05) is 0 Å². The quantitative estimate of drug-likeness (QED) is 0.740. The van der Waals surface area contributed by atoms with Crippen molar-refractivity contribution in [3.8, 4) is 0 Å². The maximum absolute atomic E-state index is 12.8. The second-order valence-corrected chi connectivity index (χ2v) is 2.83. The molecular weight excluding hydrogens is 181 g/mol. The molecule has 12 heavy (non-hydrogen) atoms. The predicted molar refractivity (Wildman–Crippen MR) is 45.4 cm³/mol. The second-order valence-electron chi connectivity index (χ2n) is 2.43. The first kappa shape index (κ1) is 9.45. The number of benzene rings is 1. The molecular formula is C8H9ClFNO. The third-order valence-electron chi connectivity index (χ3n) is 1.55. The van der Waals surface area contributed by atoms with Crippen molar-refractivity contribution in [3.63, 3.8) is 0 Å². The van der Waals surface area contributed by atoms with E-state index in [0.717, 1.165) is 0 Å². The Hall–Kier alpha value is -0.640. The van der Waals surface area contributed by atoms with Crippen LogP contribution in [-0.4, -0.2) is 11.7 Å². The van der Waals surface area contributed by atoms with Crippen molar-refractivity contribution in [1.82, 2.24) is 0 Å². The number of nitrogens with two attached hydrogens (primary N) is 1. The molecule has 0 unspecified atom stereocenters. The SMILES string of the molecule is NC[C@@H](O)c1ccc(Cl)c(F)c1. The van der Waals surface area contributed by atoms with Crippen molar-refractivity contribution in [1.29, 1.82) is 0 Å². The van der Waals surface area contributed by atoms with Crippen molar-refractivity contribution in [2.75, 3.05) is 6.54 Å². The molecule has 0 saturated carbocycles. The van der Waals surface area contributed by atoms with Crippen LogP contribution in [0.25, 0.3) is 0 Å². The lowest BCUT2D eigenvalue weighted by Gasteiger charge is -2.07. The Morgan fingerprint density at radius 2 is 2.25 bits per heavy atom. The summed E-state index contributed by atoms with van der Waals surface area (Å²) in [7, 11) is 0. The third kappa shape index (κ3) is 1.94. The van der Waals surface area contributed by atoms with Crippen LogP contribution in [0.2, 0.25) is 5.02 Å². The minimum atomic E-state index is -0.822. The Labute approximate surface area is 74.8 Å². The van der Waals surface area contributed by atoms with Crippen LogP contribution in [0.4, 0.5) is 4.39 Å². The number of aliphatic hydroxyl groups excluding tert-OH is 1. The summed E-state index contributed by atoms with van der Waals surface area (Å²) in [4.78, 5) is 0. The minimum Gasteiger partial charge on any atom is -0.387 e. The maximum atomic E-state index is 12.8. The maximum Gasteiger partial charge on any atom is 0.142 e. The van der Waals surface area contributed by atoms with E-state index in [1.165, 1.54) is 12.1 Å². The van der Waals surface area contributed by atoms with Crippen LogP contribution in [0.3, 0.4) is 0 Å². The van der Waals surface area contributed by atoms with E-state index in [9.17, 15) is 9.50 Å². The average Bonchev–Trinajstić information content (AvgIpc) is 2.08. The van der Waals surface area contributed by atoms with Gasteiger partial charge in [0.2, 0.25) is 0 Å². The van der Waals surface area contributed by atoms with Crippen molar-refractivity contribution in [2.24, 2.45) is 5.73 Å². The molecule has 0 amide bonds. The molecule has 0 bridgehead atoms. The smallest absolute Gasteiger partial charge is 0.142 e. The van der Waals surface area contributed by atoms with Gasteiger partial charge in [-0.15, -0.1) is 0 Å². The van der Waals surface area contributed by atoms with Crippen LogP contribution in [0.1, 0.15) is 11.7 Å². The van der Waals surface area contributed by atoms with Crippen LogP contribution < -0.4 is 5.73 Å². The molecule has 3 N–H and O–H groups in total. The number of rotatable bonds is 2. The lowest BCUT2D eigenvalue weighted by Crippen LogP contribution is -2.11. The van der Waals surface area contributed by atoms with Crippen molar-refractivity contribution >= 4 is 11.6 Å². The van der Waals surface area contributed by atoms with Gasteiger partial charge in [-0.2, -0.15) is 0 Å². The molecule has 0 aliphatic rings. The van der Waals surface area contributed by atoms with Crippen LogP contribution in [-0.2, 0) is 0 Å². The summed E-state index contributed by atoms with van der Waals surface area (Å²) in [6, 6.07) is 4.12. The van der Waals surface area contributed by atoms with Crippen molar-refractivity contribution < 1.29 is 9.50 Å². The summed E-state index contributed by atoms with van der Waals surface area (Å²) in [6.07, 6.45) is -0.822. The Morgan fingerprint density at radius 1 is 1.58 bits per heavy atom. The van der Waals surface area contributed by atoms with Gasteiger partial charge in [0.15, 0.2) is 0 Å². The van der Waals surface area contributed by atoms with E-state index in [1.54, 1.807) is 6.07 Å². The van der Waals surface area contributed by atoms with Gasteiger partial charge in [-0.1, -0.05) is 17.7 Å². The highest BCUT2D eigenvalue weighted by Crippen LogP contribution is 2.19. The molecule has 0 aliphatic heterocycles. The molecule has 0 radical (unpaired) electrons.